The van der Waals surface area contributed by atoms with Gasteiger partial charge in [-0.05, 0) is 43.2 Å². The number of rotatable bonds is 10. The van der Waals surface area contributed by atoms with Crippen LogP contribution in [0, 0.1) is 12.3 Å². The van der Waals surface area contributed by atoms with Gasteiger partial charge in [0.25, 0.3) is 0 Å². The smallest absolute Gasteiger partial charge is 0.397 e. The van der Waals surface area contributed by atoms with E-state index < -0.39 is 35.8 Å². The number of benzene rings is 4. The number of alkyl halides is 3. The summed E-state index contributed by atoms with van der Waals surface area (Å²) in [5, 5.41) is 9.85. The van der Waals surface area contributed by atoms with Crippen molar-refractivity contribution in [3.8, 4) is 5.75 Å². The van der Waals surface area contributed by atoms with Crippen LogP contribution in [0.1, 0.15) is 46.0 Å². The van der Waals surface area contributed by atoms with Gasteiger partial charge in [0.1, 0.15) is 17.8 Å². The zero-order chi connectivity index (χ0) is 30.3. The number of Topliss-reactive ketones (excluding diaryl/α,β-unsaturated/α-hetero) is 1. The second-order valence-electron chi connectivity index (χ2n) is 10.2. The first kappa shape index (κ1) is 30.2. The molecule has 0 saturated carbocycles. The standard InChI is InChI=1S/C34H30F3NO4/c1-23-20-27(18-19-28(23)39)29(40)21-33(2,34(35,36)37)31(32(41)42-22-24-12-6-3-7-13-24)38-30(25-14-8-4-9-15-25)26-16-10-5-11-17-26/h3-20,31,39H,21-22H2,1-2H3/t31?,33-/m0/s1. The number of aromatic hydroxyl groups is 1. The lowest BCUT2D eigenvalue weighted by Gasteiger charge is -2.36. The number of hydrogen-bond donors (Lipinski definition) is 1. The number of esters is 1. The van der Waals surface area contributed by atoms with Gasteiger partial charge in [0.2, 0.25) is 0 Å². The largest absolute Gasteiger partial charge is 0.508 e. The molecule has 216 valence electrons. The molecular weight excluding hydrogens is 543 g/mol. The molecule has 0 fully saturated rings. The number of ketones is 1. The Kier molecular flexibility index (Phi) is 9.25. The molecule has 0 heterocycles. The number of aryl methyl sites for hydroxylation is 1. The Morgan fingerprint density at radius 3 is 1.83 bits per heavy atom. The first-order chi connectivity index (χ1) is 20.0. The third kappa shape index (κ3) is 6.94. The summed E-state index contributed by atoms with van der Waals surface area (Å²) < 4.78 is 50.7. The lowest BCUT2D eigenvalue weighted by molar-refractivity contribution is -0.227. The maximum atomic E-state index is 15.1. The van der Waals surface area contributed by atoms with Gasteiger partial charge >= 0.3 is 12.1 Å². The maximum Gasteiger partial charge on any atom is 0.397 e. The van der Waals surface area contributed by atoms with Crippen molar-refractivity contribution >= 4 is 17.5 Å². The van der Waals surface area contributed by atoms with Gasteiger partial charge in [0.05, 0.1) is 5.71 Å². The molecule has 42 heavy (non-hydrogen) atoms. The molecule has 4 rings (SSSR count). The van der Waals surface area contributed by atoms with Crippen LogP contribution in [-0.2, 0) is 16.1 Å². The van der Waals surface area contributed by atoms with Crippen molar-refractivity contribution < 1.29 is 32.6 Å². The van der Waals surface area contributed by atoms with Crippen molar-refractivity contribution in [1.29, 1.82) is 0 Å². The normalized spacial score (nSPS) is 13.5. The highest BCUT2D eigenvalue weighted by atomic mass is 19.4. The summed E-state index contributed by atoms with van der Waals surface area (Å²) in [5.41, 5.74) is -0.901. The van der Waals surface area contributed by atoms with E-state index >= 15 is 13.2 Å². The van der Waals surface area contributed by atoms with Gasteiger partial charge in [-0.25, -0.2) is 4.79 Å². The quantitative estimate of drug-likeness (QED) is 0.121. The van der Waals surface area contributed by atoms with Gasteiger partial charge in [0, 0.05) is 23.1 Å². The molecule has 0 aliphatic heterocycles. The number of nitrogens with zero attached hydrogens (tertiary/aromatic N) is 1. The van der Waals surface area contributed by atoms with Crippen LogP contribution in [0.2, 0.25) is 0 Å². The number of ether oxygens (including phenoxy) is 1. The second-order valence-corrected chi connectivity index (χ2v) is 10.2. The summed E-state index contributed by atoms with van der Waals surface area (Å²) in [6.45, 7) is 2.09. The van der Waals surface area contributed by atoms with E-state index in [4.69, 9.17) is 4.74 Å². The van der Waals surface area contributed by atoms with Gasteiger partial charge in [-0.3, -0.25) is 9.79 Å². The van der Waals surface area contributed by atoms with Crippen molar-refractivity contribution in [2.45, 2.75) is 39.1 Å². The number of halogens is 3. The predicted molar refractivity (Wildman–Crippen MR) is 155 cm³/mol. The third-order valence-electron chi connectivity index (χ3n) is 7.10. The number of phenols is 1. The number of phenolic OH excluding ortho intramolecular Hbond substituents is 1. The predicted octanol–water partition coefficient (Wildman–Crippen LogP) is 7.49. The van der Waals surface area contributed by atoms with E-state index in [-0.39, 0.29) is 23.6 Å². The molecule has 1 unspecified atom stereocenters. The molecule has 0 aliphatic carbocycles. The third-order valence-corrected chi connectivity index (χ3v) is 7.10. The van der Waals surface area contributed by atoms with E-state index in [0.717, 1.165) is 6.92 Å². The lowest BCUT2D eigenvalue weighted by Crippen LogP contribution is -2.50. The molecule has 0 aliphatic rings. The van der Waals surface area contributed by atoms with E-state index in [2.05, 4.69) is 4.99 Å². The Morgan fingerprint density at radius 1 is 0.810 bits per heavy atom. The number of hydrogen-bond acceptors (Lipinski definition) is 5. The van der Waals surface area contributed by atoms with Crippen molar-refractivity contribution in [2.75, 3.05) is 0 Å². The van der Waals surface area contributed by atoms with Gasteiger partial charge in [-0.1, -0.05) is 91.0 Å². The summed E-state index contributed by atoms with van der Waals surface area (Å²) in [5.74, 6) is -2.15. The Hall–Kier alpha value is -4.72. The molecule has 0 bridgehead atoms. The molecule has 8 heteroatoms. The molecule has 0 aromatic heterocycles. The molecule has 0 radical (unpaired) electrons. The van der Waals surface area contributed by atoms with E-state index in [0.29, 0.717) is 22.3 Å². The Balaban J connectivity index is 1.85. The number of carbonyl (C=O) groups is 2. The SMILES string of the molecule is Cc1cc(C(=O)C[C@@](C)(C(N=C(c2ccccc2)c2ccccc2)C(=O)OCc2ccccc2)C(F)(F)F)ccc1O. The van der Waals surface area contributed by atoms with E-state index in [1.54, 1.807) is 91.0 Å². The zero-order valence-electron chi connectivity index (χ0n) is 23.1. The van der Waals surface area contributed by atoms with Crippen molar-refractivity contribution in [3.63, 3.8) is 0 Å². The summed E-state index contributed by atoms with van der Waals surface area (Å²) in [7, 11) is 0. The van der Waals surface area contributed by atoms with Crippen molar-refractivity contribution in [3.05, 3.63) is 137 Å². The Morgan fingerprint density at radius 2 is 1.33 bits per heavy atom. The van der Waals surface area contributed by atoms with Crippen LogP contribution in [0.15, 0.2) is 114 Å². The van der Waals surface area contributed by atoms with Gasteiger partial charge in [0.15, 0.2) is 11.8 Å². The van der Waals surface area contributed by atoms with Crippen LogP contribution < -0.4 is 0 Å². The summed E-state index contributed by atoms with van der Waals surface area (Å²) in [6.07, 6.45) is -6.11. The number of aliphatic imine (C=N–C) groups is 1. The van der Waals surface area contributed by atoms with Crippen LogP contribution in [0.25, 0.3) is 0 Å². The van der Waals surface area contributed by atoms with E-state index in [1.807, 2.05) is 0 Å². The fourth-order valence-electron chi connectivity index (χ4n) is 4.52. The summed E-state index contributed by atoms with van der Waals surface area (Å²) >= 11 is 0. The first-order valence-electron chi connectivity index (χ1n) is 13.3. The molecule has 0 saturated heterocycles. The van der Waals surface area contributed by atoms with Gasteiger partial charge in [-0.2, -0.15) is 13.2 Å². The zero-order valence-corrected chi connectivity index (χ0v) is 23.1. The van der Waals surface area contributed by atoms with Crippen molar-refractivity contribution in [2.24, 2.45) is 10.4 Å². The minimum Gasteiger partial charge on any atom is -0.508 e. The van der Waals surface area contributed by atoms with E-state index in [9.17, 15) is 14.7 Å². The van der Waals surface area contributed by atoms with Crippen LogP contribution in [0.3, 0.4) is 0 Å². The van der Waals surface area contributed by atoms with Crippen LogP contribution in [0.5, 0.6) is 5.75 Å². The highest BCUT2D eigenvalue weighted by molar-refractivity contribution is 6.13. The molecular formula is C34H30F3NO4. The maximum absolute atomic E-state index is 15.1. The summed E-state index contributed by atoms with van der Waals surface area (Å²) in [6, 6.07) is 27.4. The van der Waals surface area contributed by atoms with Gasteiger partial charge in [-0.15, -0.1) is 0 Å². The first-order valence-corrected chi connectivity index (χ1v) is 13.3. The van der Waals surface area contributed by atoms with Crippen LogP contribution in [0.4, 0.5) is 13.2 Å². The highest BCUT2D eigenvalue weighted by Crippen LogP contribution is 2.46. The average molecular weight is 574 g/mol. The van der Waals surface area contributed by atoms with Gasteiger partial charge < -0.3 is 9.84 Å². The highest BCUT2D eigenvalue weighted by Gasteiger charge is 2.60. The topological polar surface area (TPSA) is 76.0 Å². The average Bonchev–Trinajstić information content (AvgIpc) is 2.98. The molecule has 0 spiro atoms. The molecule has 0 amide bonds. The Bertz CT molecular complexity index is 1510. The molecule has 2 atom stereocenters. The fourth-order valence-corrected chi connectivity index (χ4v) is 4.52. The molecule has 4 aromatic carbocycles. The molecule has 5 nitrogen and oxygen atoms in total. The lowest BCUT2D eigenvalue weighted by atomic mass is 9.75. The number of carbonyl (C=O) groups excluding carboxylic acids is 2. The van der Waals surface area contributed by atoms with Crippen LogP contribution >= 0.6 is 0 Å². The van der Waals surface area contributed by atoms with Crippen molar-refractivity contribution in [1.82, 2.24) is 0 Å². The molecule has 4 aromatic rings. The van der Waals surface area contributed by atoms with Crippen LogP contribution in [-0.4, -0.2) is 34.8 Å². The Labute approximate surface area is 242 Å². The fraction of sp³-hybridized carbons (Fsp3) is 0.206. The van der Waals surface area contributed by atoms with E-state index in [1.165, 1.54) is 25.1 Å². The second kappa shape index (κ2) is 12.9. The minimum atomic E-state index is -5.03. The minimum absolute atomic E-state index is 0.0208. The summed E-state index contributed by atoms with van der Waals surface area (Å²) in [4.78, 5) is 31.4. The monoisotopic (exact) mass is 573 g/mol. The molecule has 1 N–H and O–H groups in total.